The molecule has 0 amide bonds. The molecule has 1 aliphatic carbocycles. The highest BCUT2D eigenvalue weighted by molar-refractivity contribution is 5.63. The van der Waals surface area contributed by atoms with Crippen LogP contribution < -0.4 is 0 Å². The normalized spacial score (nSPS) is 23.2. The summed E-state index contributed by atoms with van der Waals surface area (Å²) >= 11 is 0. The molecule has 2 aromatic rings. The molecule has 1 atom stereocenters. The molecule has 2 fully saturated rings. The number of aromatic nitrogens is 1. The molecule has 5 heteroatoms. The number of nitrogens with zero attached hydrogens (tertiary/aromatic N) is 2. The lowest BCUT2D eigenvalue weighted by molar-refractivity contribution is -0.268. The predicted octanol–water partition coefficient (Wildman–Crippen LogP) is 4.57. The van der Waals surface area contributed by atoms with Gasteiger partial charge in [-0.3, -0.25) is 4.98 Å². The summed E-state index contributed by atoms with van der Waals surface area (Å²) in [7, 11) is 0. The third kappa shape index (κ3) is 2.54. The van der Waals surface area contributed by atoms with Crippen molar-refractivity contribution in [2.75, 3.05) is 6.61 Å². The van der Waals surface area contributed by atoms with Crippen LogP contribution in [-0.2, 0) is 10.2 Å². The maximum Gasteiger partial charge on any atom is 0.300 e. The van der Waals surface area contributed by atoms with Crippen LogP contribution in [0.1, 0.15) is 30.2 Å². The summed E-state index contributed by atoms with van der Waals surface area (Å²) in [5.41, 5.74) is 3.51. The first-order valence-electron chi connectivity index (χ1n) is 8.08. The van der Waals surface area contributed by atoms with E-state index in [4.69, 9.17) is 4.74 Å². The van der Waals surface area contributed by atoms with Crippen LogP contribution >= 0.6 is 0 Å². The molecule has 126 valence electrons. The van der Waals surface area contributed by atoms with Gasteiger partial charge in [-0.15, -0.1) is 0 Å². The zero-order chi connectivity index (χ0) is 17.7. The van der Waals surface area contributed by atoms with E-state index in [1.807, 2.05) is 12.1 Å². The fourth-order valence-corrected chi connectivity index (χ4v) is 3.45. The number of pyridine rings is 1. The van der Waals surface area contributed by atoms with Gasteiger partial charge in [0.15, 0.2) is 0 Å². The zero-order valence-electron chi connectivity index (χ0n) is 13.5. The first-order chi connectivity index (χ1) is 11.9. The third-order valence-corrected chi connectivity index (χ3v) is 4.94. The van der Waals surface area contributed by atoms with Gasteiger partial charge in [0, 0.05) is 11.8 Å². The molecule has 2 heterocycles. The predicted molar refractivity (Wildman–Crippen MR) is 89.0 cm³/mol. The molecule has 0 N–H and O–H groups in total. The quantitative estimate of drug-likeness (QED) is 0.770. The molecular formula is C20H16F2N2O. The first kappa shape index (κ1) is 15.9. The van der Waals surface area contributed by atoms with E-state index in [-0.39, 0.29) is 0 Å². The minimum atomic E-state index is -2.79. The standard InChI is InChI=1S/C20H16F2N2O/c1-13-8-19(9-13,11-23)17-7-6-16(10-24-17)14-2-4-15(5-3-14)18-20(21,22)12-25-18/h2-7,10,18H,1,8-9,12H2. The summed E-state index contributed by atoms with van der Waals surface area (Å²) in [4.78, 5) is 4.45. The molecule has 1 unspecified atom stereocenters. The second-order valence-corrected chi connectivity index (χ2v) is 6.80. The molecule has 0 spiro atoms. The van der Waals surface area contributed by atoms with Crippen molar-refractivity contribution in [2.24, 2.45) is 0 Å². The molecule has 1 aromatic heterocycles. The molecule has 3 nitrogen and oxygen atoms in total. The Hall–Kier alpha value is -2.58. The summed E-state index contributed by atoms with van der Waals surface area (Å²) in [6.45, 7) is 3.38. The van der Waals surface area contributed by atoms with Crippen molar-refractivity contribution in [3.8, 4) is 17.2 Å². The van der Waals surface area contributed by atoms with Crippen molar-refractivity contribution in [3.63, 3.8) is 0 Å². The molecular weight excluding hydrogens is 322 g/mol. The smallest absolute Gasteiger partial charge is 0.300 e. The Morgan fingerprint density at radius 3 is 2.24 bits per heavy atom. The molecule has 1 aliphatic heterocycles. The van der Waals surface area contributed by atoms with Crippen LogP contribution in [0.4, 0.5) is 8.78 Å². The van der Waals surface area contributed by atoms with Crippen LogP contribution in [0, 0.1) is 11.3 Å². The summed E-state index contributed by atoms with van der Waals surface area (Å²) < 4.78 is 31.8. The molecule has 1 aromatic carbocycles. The van der Waals surface area contributed by atoms with Crippen molar-refractivity contribution in [3.05, 3.63) is 66.0 Å². The monoisotopic (exact) mass is 338 g/mol. The number of hydrogen-bond acceptors (Lipinski definition) is 3. The van der Waals surface area contributed by atoms with E-state index in [2.05, 4.69) is 17.6 Å². The summed E-state index contributed by atoms with van der Waals surface area (Å²) in [6, 6.07) is 13.0. The van der Waals surface area contributed by atoms with E-state index in [9.17, 15) is 14.0 Å². The Balaban J connectivity index is 1.55. The van der Waals surface area contributed by atoms with E-state index in [1.165, 1.54) is 0 Å². The lowest BCUT2D eigenvalue weighted by Crippen LogP contribution is -2.44. The number of ether oxygens (including phenoxy) is 1. The van der Waals surface area contributed by atoms with Crippen molar-refractivity contribution >= 4 is 0 Å². The maximum absolute atomic E-state index is 13.4. The lowest BCUT2D eigenvalue weighted by Gasteiger charge is -2.36. The van der Waals surface area contributed by atoms with Gasteiger partial charge in [-0.25, -0.2) is 8.78 Å². The number of nitriles is 1. The van der Waals surface area contributed by atoms with Gasteiger partial charge < -0.3 is 4.74 Å². The SMILES string of the molecule is C=C1CC(C#N)(c2ccc(-c3ccc(C4OCC4(F)F)cc3)cn2)C1. The van der Waals surface area contributed by atoms with Gasteiger partial charge in [-0.05, 0) is 30.0 Å². The molecule has 0 radical (unpaired) electrons. The van der Waals surface area contributed by atoms with Crippen molar-refractivity contribution in [1.29, 1.82) is 5.26 Å². The highest BCUT2D eigenvalue weighted by Gasteiger charge is 2.51. The zero-order valence-corrected chi connectivity index (χ0v) is 13.5. The first-order valence-corrected chi connectivity index (χ1v) is 8.08. The van der Waals surface area contributed by atoms with E-state index in [1.54, 1.807) is 30.5 Å². The molecule has 4 rings (SSSR count). The number of hydrogen-bond donors (Lipinski definition) is 0. The lowest BCUT2D eigenvalue weighted by atomic mass is 9.65. The van der Waals surface area contributed by atoms with E-state index in [0.717, 1.165) is 22.4 Å². The summed E-state index contributed by atoms with van der Waals surface area (Å²) in [5, 5.41) is 9.44. The van der Waals surface area contributed by atoms with E-state index < -0.39 is 24.0 Å². The molecule has 1 saturated heterocycles. The van der Waals surface area contributed by atoms with Gasteiger partial charge in [-0.1, -0.05) is 42.5 Å². The van der Waals surface area contributed by atoms with Crippen LogP contribution in [0.25, 0.3) is 11.1 Å². The number of halogens is 2. The minimum absolute atomic E-state index is 0.473. The van der Waals surface area contributed by atoms with Gasteiger partial charge in [-0.2, -0.15) is 5.26 Å². The maximum atomic E-state index is 13.4. The second-order valence-electron chi connectivity index (χ2n) is 6.80. The molecule has 25 heavy (non-hydrogen) atoms. The molecule has 0 bridgehead atoms. The Morgan fingerprint density at radius 1 is 1.12 bits per heavy atom. The van der Waals surface area contributed by atoms with E-state index in [0.29, 0.717) is 18.4 Å². The van der Waals surface area contributed by atoms with Crippen LogP contribution in [0.3, 0.4) is 0 Å². The fraction of sp³-hybridized carbons (Fsp3) is 0.300. The van der Waals surface area contributed by atoms with E-state index >= 15 is 0 Å². The minimum Gasteiger partial charge on any atom is -0.361 e. The number of alkyl halides is 2. The summed E-state index contributed by atoms with van der Waals surface area (Å²) in [5.74, 6) is -2.79. The van der Waals surface area contributed by atoms with Crippen LogP contribution in [0.2, 0.25) is 0 Å². The Morgan fingerprint density at radius 2 is 1.80 bits per heavy atom. The van der Waals surface area contributed by atoms with Crippen LogP contribution in [-0.4, -0.2) is 17.5 Å². The Labute approximate surface area is 144 Å². The second kappa shape index (κ2) is 5.47. The summed E-state index contributed by atoms with van der Waals surface area (Å²) in [6.07, 6.45) is 1.88. The van der Waals surface area contributed by atoms with Gasteiger partial charge in [0.25, 0.3) is 0 Å². The Bertz CT molecular complexity index is 858. The van der Waals surface area contributed by atoms with Crippen molar-refractivity contribution in [2.45, 2.75) is 30.3 Å². The van der Waals surface area contributed by atoms with Gasteiger partial charge in [0.1, 0.15) is 18.1 Å². The average molecular weight is 338 g/mol. The number of rotatable bonds is 3. The highest BCUT2D eigenvalue weighted by Crippen LogP contribution is 2.46. The average Bonchev–Trinajstić information content (AvgIpc) is 2.59. The topological polar surface area (TPSA) is 45.9 Å². The van der Waals surface area contributed by atoms with Gasteiger partial charge in [0.2, 0.25) is 0 Å². The fourth-order valence-electron chi connectivity index (χ4n) is 3.45. The van der Waals surface area contributed by atoms with Crippen LogP contribution in [0.15, 0.2) is 54.7 Å². The highest BCUT2D eigenvalue weighted by atomic mass is 19.3. The van der Waals surface area contributed by atoms with Gasteiger partial charge in [0.05, 0.1) is 11.8 Å². The number of allylic oxidation sites excluding steroid dienone is 1. The molecule has 1 saturated carbocycles. The van der Waals surface area contributed by atoms with Gasteiger partial charge >= 0.3 is 5.92 Å². The third-order valence-electron chi connectivity index (χ3n) is 4.94. The van der Waals surface area contributed by atoms with Crippen molar-refractivity contribution < 1.29 is 13.5 Å². The largest absolute Gasteiger partial charge is 0.361 e. The number of benzene rings is 1. The van der Waals surface area contributed by atoms with Crippen molar-refractivity contribution in [1.82, 2.24) is 4.98 Å². The Kier molecular flexibility index (Phi) is 3.48. The molecule has 2 aliphatic rings. The van der Waals surface area contributed by atoms with Crippen LogP contribution in [0.5, 0.6) is 0 Å².